The lowest BCUT2D eigenvalue weighted by atomic mass is 10.1. The van der Waals surface area contributed by atoms with Crippen LogP contribution in [-0.4, -0.2) is 5.91 Å². The Labute approximate surface area is 146 Å². The number of carbonyl (C=O) groups is 1. The van der Waals surface area contributed by atoms with Gasteiger partial charge in [0.05, 0.1) is 0 Å². The van der Waals surface area contributed by atoms with Gasteiger partial charge in [-0.2, -0.15) is 5.26 Å². The number of nitrogens with one attached hydrogen (secondary N) is 2. The molecule has 0 aromatic heterocycles. The van der Waals surface area contributed by atoms with Crippen LogP contribution in [0.25, 0.3) is 0 Å². The first-order chi connectivity index (χ1) is 11.5. The van der Waals surface area contributed by atoms with E-state index in [1.165, 1.54) is 6.20 Å². The second-order valence-corrected chi connectivity index (χ2v) is 5.75. The van der Waals surface area contributed by atoms with Crippen molar-refractivity contribution in [3.05, 3.63) is 76.0 Å². The molecule has 4 nitrogen and oxygen atoms in total. The first-order valence-electron chi connectivity index (χ1n) is 7.47. The highest BCUT2D eigenvalue weighted by Crippen LogP contribution is 2.23. The number of aryl methyl sites for hydroxylation is 1. The van der Waals surface area contributed by atoms with Crippen molar-refractivity contribution in [3.63, 3.8) is 0 Å². The monoisotopic (exact) mass is 339 g/mol. The Hall–Kier alpha value is -2.77. The summed E-state index contributed by atoms with van der Waals surface area (Å²) in [4.78, 5) is 12.2. The molecule has 5 heteroatoms. The van der Waals surface area contributed by atoms with Crippen molar-refractivity contribution in [2.24, 2.45) is 0 Å². The lowest BCUT2D eigenvalue weighted by molar-refractivity contribution is -0.112. The standard InChI is InChI=1S/C19H18ClN3O/c1-13-6-3-4-7-15(13)11-22-12-16(10-21)19(24)23-18-9-5-8-17(20)14(18)2/h3-9,12,22H,11H2,1-2H3,(H,23,24)/b16-12-. The minimum absolute atomic E-state index is 0.00274. The van der Waals surface area contributed by atoms with Crippen molar-refractivity contribution in [2.75, 3.05) is 5.32 Å². The summed E-state index contributed by atoms with van der Waals surface area (Å²) in [6.07, 6.45) is 1.43. The molecule has 2 aromatic carbocycles. The van der Waals surface area contributed by atoms with Crippen molar-refractivity contribution < 1.29 is 4.79 Å². The average molecular weight is 340 g/mol. The molecule has 0 fully saturated rings. The molecule has 1 amide bonds. The fraction of sp³-hybridized carbons (Fsp3) is 0.158. The molecule has 0 saturated carbocycles. The van der Waals surface area contributed by atoms with E-state index in [2.05, 4.69) is 10.6 Å². The van der Waals surface area contributed by atoms with Crippen LogP contribution in [0.2, 0.25) is 5.02 Å². The maximum atomic E-state index is 12.2. The summed E-state index contributed by atoms with van der Waals surface area (Å²) >= 11 is 6.03. The Kier molecular flexibility index (Phi) is 6.00. The largest absolute Gasteiger partial charge is 0.386 e. The van der Waals surface area contributed by atoms with E-state index in [0.29, 0.717) is 17.3 Å². The van der Waals surface area contributed by atoms with Gasteiger partial charge >= 0.3 is 0 Å². The quantitative estimate of drug-likeness (QED) is 0.637. The van der Waals surface area contributed by atoms with Crippen LogP contribution >= 0.6 is 11.6 Å². The zero-order valence-electron chi connectivity index (χ0n) is 13.6. The van der Waals surface area contributed by atoms with Crippen molar-refractivity contribution >= 4 is 23.2 Å². The fourth-order valence-corrected chi connectivity index (χ4v) is 2.33. The van der Waals surface area contributed by atoms with E-state index in [1.54, 1.807) is 18.2 Å². The number of nitriles is 1. The Morgan fingerprint density at radius 2 is 1.96 bits per heavy atom. The molecule has 0 bridgehead atoms. The van der Waals surface area contributed by atoms with Gasteiger partial charge in [-0.15, -0.1) is 0 Å². The number of halogens is 1. The molecular formula is C19H18ClN3O. The number of rotatable bonds is 5. The Balaban J connectivity index is 2.05. The van der Waals surface area contributed by atoms with Gasteiger partial charge in [0.15, 0.2) is 0 Å². The van der Waals surface area contributed by atoms with Gasteiger partial charge in [0.1, 0.15) is 11.6 Å². The van der Waals surface area contributed by atoms with Crippen molar-refractivity contribution in [2.45, 2.75) is 20.4 Å². The van der Waals surface area contributed by atoms with E-state index in [1.807, 2.05) is 44.2 Å². The van der Waals surface area contributed by atoms with E-state index in [-0.39, 0.29) is 5.57 Å². The zero-order chi connectivity index (χ0) is 17.5. The highest BCUT2D eigenvalue weighted by molar-refractivity contribution is 6.31. The molecule has 0 spiro atoms. The first-order valence-corrected chi connectivity index (χ1v) is 7.85. The summed E-state index contributed by atoms with van der Waals surface area (Å²) in [5.74, 6) is -0.472. The zero-order valence-corrected chi connectivity index (χ0v) is 14.3. The number of benzene rings is 2. The van der Waals surface area contributed by atoms with E-state index < -0.39 is 5.91 Å². The average Bonchev–Trinajstić information content (AvgIpc) is 2.57. The smallest absolute Gasteiger partial charge is 0.267 e. The summed E-state index contributed by atoms with van der Waals surface area (Å²) in [5.41, 5.74) is 3.61. The summed E-state index contributed by atoms with van der Waals surface area (Å²) in [6, 6.07) is 15.1. The summed E-state index contributed by atoms with van der Waals surface area (Å²) in [6.45, 7) is 4.37. The third-order valence-corrected chi connectivity index (χ3v) is 4.09. The second-order valence-electron chi connectivity index (χ2n) is 5.34. The number of carbonyl (C=O) groups excluding carboxylic acids is 1. The van der Waals surface area contributed by atoms with Gasteiger partial charge in [-0.1, -0.05) is 41.9 Å². The predicted octanol–water partition coefficient (Wildman–Crippen LogP) is 4.09. The fourth-order valence-electron chi connectivity index (χ4n) is 2.15. The maximum Gasteiger partial charge on any atom is 0.267 e. The normalized spacial score (nSPS) is 10.8. The lowest BCUT2D eigenvalue weighted by Gasteiger charge is -2.09. The lowest BCUT2D eigenvalue weighted by Crippen LogP contribution is -2.17. The highest BCUT2D eigenvalue weighted by Gasteiger charge is 2.11. The van der Waals surface area contributed by atoms with E-state index in [4.69, 9.17) is 11.6 Å². The molecule has 2 aromatic rings. The van der Waals surface area contributed by atoms with Crippen LogP contribution in [0.5, 0.6) is 0 Å². The molecule has 0 aliphatic heterocycles. The molecule has 0 atom stereocenters. The van der Waals surface area contributed by atoms with Gasteiger partial charge in [0, 0.05) is 23.5 Å². The molecule has 0 unspecified atom stereocenters. The van der Waals surface area contributed by atoms with Crippen molar-refractivity contribution in [1.29, 1.82) is 5.26 Å². The van der Waals surface area contributed by atoms with Crippen molar-refractivity contribution in [1.82, 2.24) is 5.32 Å². The molecule has 0 heterocycles. The summed E-state index contributed by atoms with van der Waals surface area (Å²) < 4.78 is 0. The third-order valence-electron chi connectivity index (χ3n) is 3.68. The van der Waals surface area contributed by atoms with Crippen LogP contribution in [0.1, 0.15) is 16.7 Å². The van der Waals surface area contributed by atoms with Gasteiger partial charge in [0.25, 0.3) is 5.91 Å². The predicted molar refractivity (Wildman–Crippen MR) is 96.5 cm³/mol. The Morgan fingerprint density at radius 1 is 1.21 bits per heavy atom. The molecule has 0 aliphatic carbocycles. The number of hydrogen-bond acceptors (Lipinski definition) is 3. The SMILES string of the molecule is Cc1ccccc1CN/C=C(/C#N)C(=O)Nc1cccc(Cl)c1C. The van der Waals surface area contributed by atoms with Crippen LogP contribution in [0, 0.1) is 25.2 Å². The maximum absolute atomic E-state index is 12.2. The highest BCUT2D eigenvalue weighted by atomic mass is 35.5. The van der Waals surface area contributed by atoms with Crippen molar-refractivity contribution in [3.8, 4) is 6.07 Å². The van der Waals surface area contributed by atoms with Gasteiger partial charge in [-0.25, -0.2) is 0 Å². The topological polar surface area (TPSA) is 64.9 Å². The van der Waals surface area contributed by atoms with Crippen LogP contribution < -0.4 is 10.6 Å². The van der Waals surface area contributed by atoms with Gasteiger partial charge in [0.2, 0.25) is 0 Å². The number of nitrogens with zero attached hydrogens (tertiary/aromatic N) is 1. The van der Waals surface area contributed by atoms with Crippen LogP contribution in [-0.2, 0) is 11.3 Å². The Bertz CT molecular complexity index is 822. The number of amides is 1. The number of hydrogen-bond donors (Lipinski definition) is 2. The molecule has 2 rings (SSSR count). The van der Waals surface area contributed by atoms with Gasteiger partial charge in [-0.3, -0.25) is 4.79 Å². The molecular weight excluding hydrogens is 322 g/mol. The summed E-state index contributed by atoms with van der Waals surface area (Å²) in [7, 11) is 0. The molecule has 0 radical (unpaired) electrons. The molecule has 0 aliphatic rings. The molecule has 0 saturated heterocycles. The van der Waals surface area contributed by atoms with Crippen LogP contribution in [0.3, 0.4) is 0 Å². The van der Waals surface area contributed by atoms with Crippen LogP contribution in [0.4, 0.5) is 5.69 Å². The van der Waals surface area contributed by atoms with E-state index in [0.717, 1.165) is 16.7 Å². The molecule has 122 valence electrons. The number of anilines is 1. The minimum Gasteiger partial charge on any atom is -0.386 e. The minimum atomic E-state index is -0.472. The van der Waals surface area contributed by atoms with Crippen LogP contribution in [0.15, 0.2) is 54.2 Å². The van der Waals surface area contributed by atoms with E-state index >= 15 is 0 Å². The first kappa shape index (κ1) is 17.6. The van der Waals surface area contributed by atoms with E-state index in [9.17, 15) is 10.1 Å². The third kappa shape index (κ3) is 4.37. The molecule has 24 heavy (non-hydrogen) atoms. The summed E-state index contributed by atoms with van der Waals surface area (Å²) in [5, 5.41) is 15.5. The van der Waals surface area contributed by atoms with Gasteiger partial charge in [-0.05, 0) is 42.7 Å². The van der Waals surface area contributed by atoms with Gasteiger partial charge < -0.3 is 10.6 Å². The second kappa shape index (κ2) is 8.19. The molecule has 2 N–H and O–H groups in total. The Morgan fingerprint density at radius 3 is 2.67 bits per heavy atom.